The molecule has 1 saturated carbocycles. The zero-order valence-corrected chi connectivity index (χ0v) is 12.6. The first-order valence-electron chi connectivity index (χ1n) is 7.31. The monoisotopic (exact) mass is 281 g/mol. The van der Waals surface area contributed by atoms with Crippen molar-refractivity contribution in [1.82, 2.24) is 0 Å². The highest BCUT2D eigenvalue weighted by Crippen LogP contribution is 2.39. The zero-order valence-electron chi connectivity index (χ0n) is 11.7. The van der Waals surface area contributed by atoms with Gasteiger partial charge in [-0.2, -0.15) is 12.6 Å². The number of hydrogen-bond donors (Lipinski definition) is 1. The van der Waals surface area contributed by atoms with E-state index in [1.165, 1.54) is 32.1 Å². The lowest BCUT2D eigenvalue weighted by Crippen LogP contribution is -2.41. The smallest absolute Gasteiger partial charge is 0.146 e. The number of benzene rings is 1. The van der Waals surface area contributed by atoms with Crippen LogP contribution < -0.4 is 4.90 Å². The molecule has 0 aliphatic heterocycles. The predicted molar refractivity (Wildman–Crippen MR) is 83.7 cm³/mol. The highest BCUT2D eigenvalue weighted by molar-refractivity contribution is 7.80. The zero-order chi connectivity index (χ0) is 13.7. The highest BCUT2D eigenvalue weighted by Gasteiger charge is 2.32. The van der Waals surface area contributed by atoms with Crippen LogP contribution in [0, 0.1) is 11.2 Å². The first-order valence-corrected chi connectivity index (χ1v) is 7.94. The van der Waals surface area contributed by atoms with Gasteiger partial charge in [0.2, 0.25) is 0 Å². The van der Waals surface area contributed by atoms with Gasteiger partial charge in [0.15, 0.2) is 0 Å². The number of nitrogens with zero attached hydrogens (tertiary/aromatic N) is 1. The Morgan fingerprint density at radius 1 is 1.21 bits per heavy atom. The molecule has 1 fully saturated rings. The molecule has 1 aliphatic rings. The van der Waals surface area contributed by atoms with Gasteiger partial charge in [-0.25, -0.2) is 4.39 Å². The molecule has 19 heavy (non-hydrogen) atoms. The van der Waals surface area contributed by atoms with Crippen molar-refractivity contribution in [2.24, 2.45) is 5.41 Å². The van der Waals surface area contributed by atoms with Crippen molar-refractivity contribution in [2.45, 2.75) is 39.0 Å². The van der Waals surface area contributed by atoms with E-state index < -0.39 is 0 Å². The fourth-order valence-electron chi connectivity index (χ4n) is 3.15. The molecular formula is C16H24FNS. The summed E-state index contributed by atoms with van der Waals surface area (Å²) < 4.78 is 13.9. The Kier molecular flexibility index (Phi) is 5.14. The first kappa shape index (κ1) is 14.7. The third-order valence-electron chi connectivity index (χ3n) is 4.35. The Morgan fingerprint density at radius 3 is 2.47 bits per heavy atom. The Hall–Kier alpha value is -0.700. The van der Waals surface area contributed by atoms with E-state index in [1.807, 2.05) is 12.1 Å². The van der Waals surface area contributed by atoms with E-state index in [0.29, 0.717) is 0 Å². The molecule has 1 nitrogen and oxygen atoms in total. The minimum absolute atomic E-state index is 0.116. The molecule has 106 valence electrons. The van der Waals surface area contributed by atoms with Crippen molar-refractivity contribution in [3.8, 4) is 0 Å². The van der Waals surface area contributed by atoms with Crippen molar-refractivity contribution < 1.29 is 4.39 Å². The maximum Gasteiger partial charge on any atom is 0.146 e. The lowest BCUT2D eigenvalue weighted by Gasteiger charge is -2.41. The van der Waals surface area contributed by atoms with Crippen molar-refractivity contribution in [2.75, 3.05) is 23.7 Å². The molecule has 1 aromatic rings. The van der Waals surface area contributed by atoms with Gasteiger partial charge in [-0.1, -0.05) is 31.4 Å². The summed E-state index contributed by atoms with van der Waals surface area (Å²) in [5, 5.41) is 0. The number of thiol groups is 1. The number of halogens is 1. The van der Waals surface area contributed by atoms with Crippen molar-refractivity contribution in [3.63, 3.8) is 0 Å². The van der Waals surface area contributed by atoms with Crippen molar-refractivity contribution in [3.05, 3.63) is 30.1 Å². The Labute approximate surface area is 121 Å². The van der Waals surface area contributed by atoms with Crippen LogP contribution in [0.1, 0.15) is 39.0 Å². The third-order valence-corrected chi connectivity index (χ3v) is 5.02. The largest absolute Gasteiger partial charge is 0.369 e. The summed E-state index contributed by atoms with van der Waals surface area (Å²) >= 11 is 4.58. The van der Waals surface area contributed by atoms with Gasteiger partial charge in [0.1, 0.15) is 5.82 Å². The maximum atomic E-state index is 13.9. The van der Waals surface area contributed by atoms with Crippen LogP contribution >= 0.6 is 12.6 Å². The van der Waals surface area contributed by atoms with Gasteiger partial charge in [0.05, 0.1) is 5.69 Å². The summed E-state index contributed by atoms with van der Waals surface area (Å²) in [6.45, 7) is 3.87. The number of para-hydroxylation sites is 1. The molecule has 0 amide bonds. The van der Waals surface area contributed by atoms with Crippen LogP contribution in [0.15, 0.2) is 24.3 Å². The van der Waals surface area contributed by atoms with Gasteiger partial charge in [-0.3, -0.25) is 0 Å². The van der Waals surface area contributed by atoms with Gasteiger partial charge in [0.25, 0.3) is 0 Å². The van der Waals surface area contributed by atoms with Crippen LogP contribution in [0.25, 0.3) is 0 Å². The van der Waals surface area contributed by atoms with Gasteiger partial charge < -0.3 is 4.90 Å². The van der Waals surface area contributed by atoms with E-state index >= 15 is 0 Å². The van der Waals surface area contributed by atoms with E-state index in [2.05, 4.69) is 24.5 Å². The lowest BCUT2D eigenvalue weighted by molar-refractivity contribution is 0.228. The van der Waals surface area contributed by atoms with Gasteiger partial charge in [0, 0.05) is 13.1 Å². The fraction of sp³-hybridized carbons (Fsp3) is 0.625. The van der Waals surface area contributed by atoms with Gasteiger partial charge in [-0.05, 0) is 43.1 Å². The molecule has 1 aromatic carbocycles. The standard InChI is InChI=1S/C16H24FNS/c1-2-18(15-9-5-4-8-14(15)17)12-16(13-19)10-6-3-7-11-16/h4-5,8-9,19H,2-3,6-7,10-13H2,1H3. The molecule has 0 aromatic heterocycles. The molecule has 0 saturated heterocycles. The minimum atomic E-state index is -0.116. The Bertz CT molecular complexity index is 401. The van der Waals surface area contributed by atoms with Crippen LogP contribution in [-0.4, -0.2) is 18.8 Å². The SMILES string of the molecule is CCN(CC1(CS)CCCCC1)c1ccccc1F. The van der Waals surface area contributed by atoms with E-state index in [1.54, 1.807) is 12.1 Å². The second kappa shape index (κ2) is 6.65. The Morgan fingerprint density at radius 2 is 1.89 bits per heavy atom. The van der Waals surface area contributed by atoms with E-state index in [9.17, 15) is 4.39 Å². The summed E-state index contributed by atoms with van der Waals surface area (Å²) in [5.41, 5.74) is 0.997. The fourth-order valence-corrected chi connectivity index (χ4v) is 3.56. The third kappa shape index (κ3) is 3.44. The molecule has 0 heterocycles. The average Bonchev–Trinajstić information content (AvgIpc) is 2.47. The molecule has 0 unspecified atom stereocenters. The molecule has 0 bridgehead atoms. The molecule has 1 aliphatic carbocycles. The number of anilines is 1. The first-order chi connectivity index (χ1) is 9.21. The van der Waals surface area contributed by atoms with E-state index in [4.69, 9.17) is 0 Å². The van der Waals surface area contributed by atoms with Crippen molar-refractivity contribution in [1.29, 1.82) is 0 Å². The second-order valence-corrected chi connectivity index (χ2v) is 6.00. The van der Waals surface area contributed by atoms with Gasteiger partial charge >= 0.3 is 0 Å². The molecule has 3 heteroatoms. The van der Waals surface area contributed by atoms with E-state index in [-0.39, 0.29) is 11.2 Å². The second-order valence-electron chi connectivity index (χ2n) is 5.68. The molecule has 0 spiro atoms. The average molecular weight is 281 g/mol. The number of rotatable bonds is 5. The maximum absolute atomic E-state index is 13.9. The summed E-state index contributed by atoms with van der Waals surface area (Å²) in [7, 11) is 0. The van der Waals surface area contributed by atoms with Crippen LogP contribution in [0.3, 0.4) is 0 Å². The van der Waals surface area contributed by atoms with Crippen LogP contribution in [-0.2, 0) is 0 Å². The molecule has 0 radical (unpaired) electrons. The highest BCUT2D eigenvalue weighted by atomic mass is 32.1. The summed E-state index contributed by atoms with van der Waals surface area (Å²) in [6, 6.07) is 7.09. The number of hydrogen-bond acceptors (Lipinski definition) is 2. The summed E-state index contributed by atoms with van der Waals surface area (Å²) in [4.78, 5) is 2.18. The predicted octanol–water partition coefficient (Wildman–Crippen LogP) is 4.53. The van der Waals surface area contributed by atoms with Crippen LogP contribution in [0.4, 0.5) is 10.1 Å². The van der Waals surface area contributed by atoms with E-state index in [0.717, 1.165) is 24.5 Å². The molecule has 0 atom stereocenters. The Balaban J connectivity index is 2.16. The molecule has 0 N–H and O–H groups in total. The topological polar surface area (TPSA) is 3.24 Å². The molecule has 2 rings (SSSR count). The normalized spacial score (nSPS) is 18.3. The van der Waals surface area contributed by atoms with Crippen molar-refractivity contribution >= 4 is 18.3 Å². The van der Waals surface area contributed by atoms with Crippen LogP contribution in [0.5, 0.6) is 0 Å². The summed E-state index contributed by atoms with van der Waals surface area (Å²) in [5.74, 6) is 0.785. The molecular weight excluding hydrogens is 257 g/mol. The minimum Gasteiger partial charge on any atom is -0.369 e. The van der Waals surface area contributed by atoms with Gasteiger partial charge in [-0.15, -0.1) is 0 Å². The quantitative estimate of drug-likeness (QED) is 0.776. The lowest BCUT2D eigenvalue weighted by atomic mass is 9.75. The van der Waals surface area contributed by atoms with Crippen LogP contribution in [0.2, 0.25) is 0 Å². The summed E-state index contributed by atoms with van der Waals surface area (Å²) in [6.07, 6.45) is 6.36.